The highest BCUT2D eigenvalue weighted by molar-refractivity contribution is 5.40. The fraction of sp³-hybridized carbons (Fsp3) is 0.462. The van der Waals surface area contributed by atoms with Gasteiger partial charge in [0.15, 0.2) is 5.82 Å². The van der Waals surface area contributed by atoms with E-state index in [4.69, 9.17) is 4.52 Å². The standard InChI is InChI=1S/C13H16N4O/c1-9-15-13(17-18-9)7-8-14-12-6-5-10-3-2-4-11(10)16-12/h5-6H,2-4,7-8H2,1H3,(H,14,16). The van der Waals surface area contributed by atoms with Gasteiger partial charge in [-0.25, -0.2) is 4.98 Å². The molecule has 2 aromatic heterocycles. The number of anilines is 1. The lowest BCUT2D eigenvalue weighted by Gasteiger charge is -2.06. The van der Waals surface area contributed by atoms with E-state index in [0.717, 1.165) is 31.0 Å². The molecule has 0 bridgehead atoms. The monoisotopic (exact) mass is 244 g/mol. The summed E-state index contributed by atoms with van der Waals surface area (Å²) in [5.74, 6) is 2.29. The summed E-state index contributed by atoms with van der Waals surface area (Å²) in [6.45, 7) is 2.57. The minimum absolute atomic E-state index is 0.612. The molecular formula is C13H16N4O. The number of hydrogen-bond acceptors (Lipinski definition) is 5. The van der Waals surface area contributed by atoms with Gasteiger partial charge in [0.1, 0.15) is 5.82 Å². The van der Waals surface area contributed by atoms with Crippen LogP contribution in [0.2, 0.25) is 0 Å². The van der Waals surface area contributed by atoms with Gasteiger partial charge in [-0.15, -0.1) is 0 Å². The Morgan fingerprint density at radius 3 is 3.06 bits per heavy atom. The van der Waals surface area contributed by atoms with Gasteiger partial charge in [0.05, 0.1) is 0 Å². The summed E-state index contributed by atoms with van der Waals surface area (Å²) in [5.41, 5.74) is 2.64. The van der Waals surface area contributed by atoms with Crippen LogP contribution in [0.25, 0.3) is 0 Å². The second-order valence-electron chi connectivity index (χ2n) is 4.56. The Kier molecular flexibility index (Phi) is 2.96. The van der Waals surface area contributed by atoms with Gasteiger partial charge < -0.3 is 9.84 Å². The summed E-state index contributed by atoms with van der Waals surface area (Å²) >= 11 is 0. The van der Waals surface area contributed by atoms with Gasteiger partial charge in [0, 0.05) is 25.6 Å². The van der Waals surface area contributed by atoms with E-state index in [-0.39, 0.29) is 0 Å². The minimum Gasteiger partial charge on any atom is -0.370 e. The molecule has 0 saturated heterocycles. The number of hydrogen-bond donors (Lipinski definition) is 1. The van der Waals surface area contributed by atoms with Crippen LogP contribution in [-0.2, 0) is 19.3 Å². The first-order valence-corrected chi connectivity index (χ1v) is 6.33. The van der Waals surface area contributed by atoms with E-state index < -0.39 is 0 Å². The lowest BCUT2D eigenvalue weighted by atomic mass is 10.2. The van der Waals surface area contributed by atoms with Crippen molar-refractivity contribution in [1.29, 1.82) is 0 Å². The first-order valence-electron chi connectivity index (χ1n) is 6.33. The topological polar surface area (TPSA) is 63.8 Å². The van der Waals surface area contributed by atoms with E-state index in [0.29, 0.717) is 5.89 Å². The molecule has 0 amide bonds. The van der Waals surface area contributed by atoms with Crippen LogP contribution in [0.4, 0.5) is 5.82 Å². The molecule has 0 aliphatic heterocycles. The Morgan fingerprint density at radius 1 is 1.28 bits per heavy atom. The lowest BCUT2D eigenvalue weighted by molar-refractivity contribution is 0.387. The molecule has 2 aromatic rings. The molecule has 1 N–H and O–H groups in total. The summed E-state index contributed by atoms with van der Waals surface area (Å²) in [6.07, 6.45) is 4.25. The lowest BCUT2D eigenvalue weighted by Crippen LogP contribution is -2.08. The molecule has 2 heterocycles. The van der Waals surface area contributed by atoms with Crippen LogP contribution in [0, 0.1) is 6.92 Å². The normalized spacial score (nSPS) is 13.6. The number of fused-ring (bicyclic) bond motifs is 1. The quantitative estimate of drug-likeness (QED) is 0.890. The molecule has 0 saturated carbocycles. The molecule has 18 heavy (non-hydrogen) atoms. The molecule has 94 valence electrons. The maximum atomic E-state index is 4.92. The molecule has 1 aliphatic rings. The van der Waals surface area contributed by atoms with Gasteiger partial charge in [-0.1, -0.05) is 11.2 Å². The van der Waals surface area contributed by atoms with Gasteiger partial charge in [-0.05, 0) is 30.9 Å². The van der Waals surface area contributed by atoms with Crippen molar-refractivity contribution < 1.29 is 4.52 Å². The molecular weight excluding hydrogens is 228 g/mol. The van der Waals surface area contributed by atoms with Crippen LogP contribution in [-0.4, -0.2) is 21.7 Å². The summed E-state index contributed by atoms with van der Waals surface area (Å²) in [4.78, 5) is 8.78. The number of aryl methyl sites for hydroxylation is 3. The first kappa shape index (κ1) is 11.2. The number of pyridine rings is 1. The maximum absolute atomic E-state index is 4.92. The van der Waals surface area contributed by atoms with Crippen LogP contribution in [0.1, 0.15) is 29.4 Å². The van der Waals surface area contributed by atoms with Crippen LogP contribution in [0.15, 0.2) is 16.7 Å². The van der Waals surface area contributed by atoms with E-state index in [9.17, 15) is 0 Å². The summed E-state index contributed by atoms with van der Waals surface area (Å²) in [7, 11) is 0. The third-order valence-electron chi connectivity index (χ3n) is 3.15. The SMILES string of the molecule is Cc1nc(CCNc2ccc3c(n2)CCC3)no1. The van der Waals surface area contributed by atoms with E-state index >= 15 is 0 Å². The van der Waals surface area contributed by atoms with Crippen molar-refractivity contribution >= 4 is 5.82 Å². The highest BCUT2D eigenvalue weighted by atomic mass is 16.5. The van der Waals surface area contributed by atoms with Crippen molar-refractivity contribution in [2.45, 2.75) is 32.6 Å². The van der Waals surface area contributed by atoms with Gasteiger partial charge in [0.25, 0.3) is 0 Å². The van der Waals surface area contributed by atoms with Crippen molar-refractivity contribution in [3.8, 4) is 0 Å². The van der Waals surface area contributed by atoms with Crippen molar-refractivity contribution in [3.05, 3.63) is 35.1 Å². The van der Waals surface area contributed by atoms with E-state index in [1.807, 2.05) is 6.07 Å². The van der Waals surface area contributed by atoms with Crippen LogP contribution in [0.5, 0.6) is 0 Å². The molecule has 5 heteroatoms. The van der Waals surface area contributed by atoms with Gasteiger partial charge in [0.2, 0.25) is 5.89 Å². The zero-order chi connectivity index (χ0) is 12.4. The second kappa shape index (κ2) is 4.76. The number of rotatable bonds is 4. The summed E-state index contributed by atoms with van der Waals surface area (Å²) < 4.78 is 4.92. The van der Waals surface area contributed by atoms with Gasteiger partial charge in [-0.2, -0.15) is 4.98 Å². The van der Waals surface area contributed by atoms with Crippen LogP contribution < -0.4 is 5.32 Å². The van der Waals surface area contributed by atoms with E-state index in [2.05, 4.69) is 26.5 Å². The Hall–Kier alpha value is -1.91. The molecule has 0 fully saturated rings. The molecule has 0 spiro atoms. The Morgan fingerprint density at radius 2 is 2.22 bits per heavy atom. The van der Waals surface area contributed by atoms with Crippen molar-refractivity contribution in [3.63, 3.8) is 0 Å². The van der Waals surface area contributed by atoms with E-state index in [1.54, 1.807) is 6.92 Å². The Balaban J connectivity index is 1.57. The molecule has 0 aromatic carbocycles. The third kappa shape index (κ3) is 2.34. The number of nitrogens with one attached hydrogen (secondary N) is 1. The van der Waals surface area contributed by atoms with Gasteiger partial charge >= 0.3 is 0 Å². The molecule has 5 nitrogen and oxygen atoms in total. The van der Waals surface area contributed by atoms with Crippen molar-refractivity contribution in [2.24, 2.45) is 0 Å². The molecule has 1 aliphatic carbocycles. The highest BCUT2D eigenvalue weighted by Crippen LogP contribution is 2.21. The third-order valence-corrected chi connectivity index (χ3v) is 3.15. The average molecular weight is 244 g/mol. The zero-order valence-corrected chi connectivity index (χ0v) is 10.4. The number of aromatic nitrogens is 3. The fourth-order valence-corrected chi connectivity index (χ4v) is 2.26. The summed E-state index contributed by atoms with van der Waals surface area (Å²) in [6, 6.07) is 4.22. The minimum atomic E-state index is 0.612. The smallest absolute Gasteiger partial charge is 0.223 e. The molecule has 3 rings (SSSR count). The fourth-order valence-electron chi connectivity index (χ4n) is 2.26. The second-order valence-corrected chi connectivity index (χ2v) is 4.56. The van der Waals surface area contributed by atoms with Crippen molar-refractivity contribution in [1.82, 2.24) is 15.1 Å². The predicted molar refractivity (Wildman–Crippen MR) is 67.5 cm³/mol. The maximum Gasteiger partial charge on any atom is 0.223 e. The Bertz CT molecular complexity index is 550. The molecule has 0 unspecified atom stereocenters. The molecule has 0 atom stereocenters. The predicted octanol–water partition coefficient (Wildman–Crippen LogP) is 1.92. The van der Waals surface area contributed by atoms with Crippen LogP contribution >= 0.6 is 0 Å². The first-order chi connectivity index (χ1) is 8.81. The average Bonchev–Trinajstić information content (AvgIpc) is 2.97. The molecule has 0 radical (unpaired) electrons. The Labute approximate surface area is 106 Å². The zero-order valence-electron chi connectivity index (χ0n) is 10.4. The van der Waals surface area contributed by atoms with Gasteiger partial charge in [-0.3, -0.25) is 0 Å². The summed E-state index contributed by atoms with van der Waals surface area (Å²) in [5, 5.41) is 7.16. The van der Waals surface area contributed by atoms with Crippen molar-refractivity contribution in [2.75, 3.05) is 11.9 Å². The number of nitrogens with zero attached hydrogens (tertiary/aromatic N) is 3. The highest BCUT2D eigenvalue weighted by Gasteiger charge is 2.12. The van der Waals surface area contributed by atoms with Crippen LogP contribution in [0.3, 0.4) is 0 Å². The largest absolute Gasteiger partial charge is 0.370 e. The van der Waals surface area contributed by atoms with E-state index in [1.165, 1.54) is 24.1 Å².